The Balaban J connectivity index is 1.73. The number of carbonyl (C=O) groups is 2. The Morgan fingerprint density at radius 1 is 0.739 bits per heavy atom. The Morgan fingerprint density at radius 3 is 1.67 bits per heavy atom. The maximum Gasteiger partial charge on any atom is 0.322 e. The van der Waals surface area contributed by atoms with Crippen LogP contribution in [0.2, 0.25) is 0 Å². The van der Waals surface area contributed by atoms with Crippen molar-refractivity contribution in [3.8, 4) is 0 Å². The Labute approximate surface area is 283 Å². The first-order chi connectivity index (χ1) is 22.0. The Kier molecular flexibility index (Phi) is 18.1. The van der Waals surface area contributed by atoms with Crippen molar-refractivity contribution in [2.24, 2.45) is 11.3 Å². The van der Waals surface area contributed by atoms with Crippen LogP contribution in [0.3, 0.4) is 0 Å². The van der Waals surface area contributed by atoms with Crippen LogP contribution in [-0.4, -0.2) is 53.7 Å². The standard InChI is InChI=1S/C39H73NO6/c1-9-13-14-15-16-17-18-19-20-21-22-23-24-25-26-27-35(42)43-30-38(12-4)31-44-39(45-32-38)29-36(7,28-10-2)40(46-34(6)41)37(8,11-3)33(39)5/h33H,9-32H2,1-8H3. The lowest BCUT2D eigenvalue weighted by molar-refractivity contribution is -0.403. The molecule has 7 heteroatoms. The highest BCUT2D eigenvalue weighted by Gasteiger charge is 2.64. The second-order valence-electron chi connectivity index (χ2n) is 15.3. The van der Waals surface area contributed by atoms with Crippen molar-refractivity contribution in [3.05, 3.63) is 0 Å². The van der Waals surface area contributed by atoms with E-state index in [1.165, 1.54) is 90.4 Å². The van der Waals surface area contributed by atoms with Gasteiger partial charge in [0.25, 0.3) is 0 Å². The molecule has 270 valence electrons. The summed E-state index contributed by atoms with van der Waals surface area (Å²) in [5, 5.41) is 1.95. The van der Waals surface area contributed by atoms with E-state index in [9.17, 15) is 9.59 Å². The number of esters is 1. The summed E-state index contributed by atoms with van der Waals surface area (Å²) < 4.78 is 19.4. The molecule has 2 aliphatic rings. The summed E-state index contributed by atoms with van der Waals surface area (Å²) >= 11 is 0. The normalized spacial score (nSPS) is 30.0. The van der Waals surface area contributed by atoms with Crippen LogP contribution in [0.4, 0.5) is 0 Å². The van der Waals surface area contributed by atoms with Gasteiger partial charge in [-0.3, -0.25) is 9.59 Å². The quantitative estimate of drug-likeness (QED) is 0.0804. The monoisotopic (exact) mass is 652 g/mol. The summed E-state index contributed by atoms with van der Waals surface area (Å²) in [5.74, 6) is -1.24. The fourth-order valence-corrected chi connectivity index (χ4v) is 7.87. The average Bonchev–Trinajstić information content (AvgIpc) is 3.04. The third kappa shape index (κ3) is 11.8. The van der Waals surface area contributed by atoms with E-state index in [1.54, 1.807) is 0 Å². The number of hydrogen-bond acceptors (Lipinski definition) is 7. The maximum absolute atomic E-state index is 12.7. The van der Waals surface area contributed by atoms with Gasteiger partial charge < -0.3 is 19.0 Å². The zero-order chi connectivity index (χ0) is 34.1. The summed E-state index contributed by atoms with van der Waals surface area (Å²) in [7, 11) is 0. The van der Waals surface area contributed by atoms with Crippen LogP contribution in [0.5, 0.6) is 0 Å². The van der Waals surface area contributed by atoms with Gasteiger partial charge in [0.1, 0.15) is 6.61 Å². The molecule has 3 atom stereocenters. The van der Waals surface area contributed by atoms with E-state index in [4.69, 9.17) is 19.0 Å². The van der Waals surface area contributed by atoms with E-state index in [-0.39, 0.29) is 23.3 Å². The number of rotatable bonds is 23. The third-order valence-corrected chi connectivity index (χ3v) is 11.4. The number of nitrogens with zero attached hydrogens (tertiary/aromatic N) is 1. The van der Waals surface area contributed by atoms with Crippen molar-refractivity contribution in [1.82, 2.24) is 5.06 Å². The highest BCUT2D eigenvalue weighted by Crippen LogP contribution is 2.54. The van der Waals surface area contributed by atoms with Crippen LogP contribution < -0.4 is 0 Å². The predicted octanol–water partition coefficient (Wildman–Crippen LogP) is 10.5. The maximum atomic E-state index is 12.7. The first-order valence-electron chi connectivity index (χ1n) is 19.4. The van der Waals surface area contributed by atoms with Crippen molar-refractivity contribution in [2.75, 3.05) is 19.8 Å². The molecule has 0 aromatic rings. The van der Waals surface area contributed by atoms with E-state index in [0.29, 0.717) is 32.7 Å². The molecule has 2 fully saturated rings. The van der Waals surface area contributed by atoms with Crippen molar-refractivity contribution in [3.63, 3.8) is 0 Å². The second kappa shape index (κ2) is 20.4. The van der Waals surface area contributed by atoms with E-state index in [1.807, 2.05) is 5.06 Å². The summed E-state index contributed by atoms with van der Waals surface area (Å²) in [4.78, 5) is 30.8. The summed E-state index contributed by atoms with van der Waals surface area (Å²) in [6.45, 7) is 17.9. The van der Waals surface area contributed by atoms with Crippen LogP contribution in [0.1, 0.15) is 190 Å². The number of piperidine rings is 1. The summed E-state index contributed by atoms with van der Waals surface area (Å²) in [5.41, 5.74) is -1.24. The fourth-order valence-electron chi connectivity index (χ4n) is 7.87. The SMILES string of the molecule is CCCCCCCCCCCCCCCCCC(=O)OCC1(CC)COC2(CC(C)(CCC)N(OC(C)=O)C(C)(CC)C2C)OC1. The van der Waals surface area contributed by atoms with Crippen LogP contribution in [0, 0.1) is 11.3 Å². The van der Waals surface area contributed by atoms with Gasteiger partial charge in [-0.15, -0.1) is 5.06 Å². The number of unbranched alkanes of at least 4 members (excludes halogenated alkanes) is 14. The molecule has 0 aliphatic carbocycles. The summed E-state index contributed by atoms with van der Waals surface area (Å²) in [6.07, 6.45) is 24.2. The number of hydroxylamine groups is 2. The zero-order valence-electron chi connectivity index (χ0n) is 31.4. The number of ether oxygens (including phenoxy) is 3. The Bertz CT molecular complexity index is 871. The van der Waals surface area contributed by atoms with Gasteiger partial charge in [-0.25, -0.2) is 0 Å². The molecule has 2 heterocycles. The van der Waals surface area contributed by atoms with Gasteiger partial charge in [-0.1, -0.05) is 131 Å². The molecular formula is C39H73NO6. The Morgan fingerprint density at radius 2 is 1.24 bits per heavy atom. The predicted molar refractivity (Wildman–Crippen MR) is 187 cm³/mol. The molecule has 0 saturated carbocycles. The average molecular weight is 652 g/mol. The summed E-state index contributed by atoms with van der Waals surface area (Å²) in [6, 6.07) is 0. The van der Waals surface area contributed by atoms with Crippen LogP contribution in [0.25, 0.3) is 0 Å². The molecule has 2 rings (SSSR count). The minimum absolute atomic E-state index is 0.0446. The molecule has 1 spiro atoms. The lowest BCUT2D eigenvalue weighted by Crippen LogP contribution is -2.74. The van der Waals surface area contributed by atoms with Gasteiger partial charge in [0.2, 0.25) is 0 Å². The fraction of sp³-hybridized carbons (Fsp3) is 0.949. The molecule has 3 unspecified atom stereocenters. The molecular weight excluding hydrogens is 578 g/mol. The van der Waals surface area contributed by atoms with Crippen LogP contribution in [-0.2, 0) is 28.6 Å². The van der Waals surface area contributed by atoms with Gasteiger partial charge >= 0.3 is 11.9 Å². The van der Waals surface area contributed by atoms with Crippen LogP contribution >= 0.6 is 0 Å². The second-order valence-corrected chi connectivity index (χ2v) is 15.3. The van der Waals surface area contributed by atoms with Crippen molar-refractivity contribution in [2.45, 2.75) is 207 Å². The first kappa shape index (κ1) is 41.0. The van der Waals surface area contributed by atoms with Gasteiger partial charge in [0.15, 0.2) is 5.79 Å². The van der Waals surface area contributed by atoms with Gasteiger partial charge in [-0.2, -0.15) is 0 Å². The lowest BCUT2D eigenvalue weighted by atomic mass is 9.66. The molecule has 46 heavy (non-hydrogen) atoms. The van der Waals surface area contributed by atoms with Gasteiger partial charge in [-0.05, 0) is 39.5 Å². The topological polar surface area (TPSA) is 74.3 Å². The number of carbonyl (C=O) groups excluding carboxylic acids is 2. The van der Waals surface area contributed by atoms with E-state index < -0.39 is 16.9 Å². The smallest absolute Gasteiger partial charge is 0.322 e. The molecule has 2 saturated heterocycles. The number of hydrogen-bond donors (Lipinski definition) is 0. The van der Waals surface area contributed by atoms with E-state index in [0.717, 1.165) is 38.5 Å². The molecule has 7 nitrogen and oxygen atoms in total. The molecule has 2 aliphatic heterocycles. The largest absolute Gasteiger partial charge is 0.465 e. The highest BCUT2D eigenvalue weighted by atomic mass is 16.7. The molecule has 0 bridgehead atoms. The molecule has 0 amide bonds. The minimum atomic E-state index is -0.790. The lowest BCUT2D eigenvalue weighted by Gasteiger charge is -2.63. The van der Waals surface area contributed by atoms with Gasteiger partial charge in [0, 0.05) is 25.7 Å². The highest BCUT2D eigenvalue weighted by molar-refractivity contribution is 5.69. The molecule has 0 aromatic carbocycles. The Hall–Kier alpha value is -1.18. The third-order valence-electron chi connectivity index (χ3n) is 11.4. The zero-order valence-corrected chi connectivity index (χ0v) is 31.4. The van der Waals surface area contributed by atoms with Crippen molar-refractivity contribution >= 4 is 11.9 Å². The van der Waals surface area contributed by atoms with Crippen LogP contribution in [0.15, 0.2) is 0 Å². The van der Waals surface area contributed by atoms with Gasteiger partial charge in [0.05, 0.1) is 29.7 Å². The molecule has 0 aromatic heterocycles. The van der Waals surface area contributed by atoms with Crippen molar-refractivity contribution < 1.29 is 28.6 Å². The molecule has 0 radical (unpaired) electrons. The minimum Gasteiger partial charge on any atom is -0.465 e. The van der Waals surface area contributed by atoms with E-state index >= 15 is 0 Å². The van der Waals surface area contributed by atoms with E-state index in [2.05, 4.69) is 48.5 Å². The van der Waals surface area contributed by atoms with Crippen molar-refractivity contribution in [1.29, 1.82) is 0 Å². The molecule has 0 N–H and O–H groups in total. The first-order valence-corrected chi connectivity index (χ1v) is 19.4.